The average molecular weight is 480 g/mol. The molecule has 2 aromatic rings. The molecule has 0 amide bonds. The van der Waals surface area contributed by atoms with Crippen molar-refractivity contribution in [3.05, 3.63) is 63.7 Å². The minimum absolute atomic E-state index is 0.0404. The maximum Gasteiger partial charge on any atom is 0.433 e. The number of benzene rings is 2. The summed E-state index contributed by atoms with van der Waals surface area (Å²) in [6.07, 6.45) is -14.0. The highest BCUT2D eigenvalue weighted by atomic mass is 19.4. The van der Waals surface area contributed by atoms with Gasteiger partial charge in [-0.05, 0) is 36.4 Å². The number of nitro groups is 1. The van der Waals surface area contributed by atoms with Crippen LogP contribution in [0.1, 0.15) is 15.9 Å². The van der Waals surface area contributed by atoms with Gasteiger partial charge >= 0.3 is 18.3 Å². The zero-order valence-corrected chi connectivity index (χ0v) is 16.3. The molecule has 178 valence electrons. The molecule has 1 aliphatic rings. The second-order valence-electron chi connectivity index (χ2n) is 6.90. The van der Waals surface area contributed by atoms with E-state index in [2.05, 4.69) is 0 Å². The summed E-state index contributed by atoms with van der Waals surface area (Å²) >= 11 is 0. The summed E-state index contributed by atoms with van der Waals surface area (Å²) in [5.74, 6) is -1.05. The number of carboxylic acids is 1. The molecular formula is C19H14F6N2O6. The van der Waals surface area contributed by atoms with Crippen LogP contribution in [0.4, 0.5) is 37.7 Å². The summed E-state index contributed by atoms with van der Waals surface area (Å²) in [7, 11) is 0. The Morgan fingerprint density at radius 2 is 1.79 bits per heavy atom. The van der Waals surface area contributed by atoms with Crippen LogP contribution in [0.5, 0.6) is 5.75 Å². The Morgan fingerprint density at radius 1 is 1.15 bits per heavy atom. The van der Waals surface area contributed by atoms with Crippen molar-refractivity contribution in [1.82, 2.24) is 0 Å². The van der Waals surface area contributed by atoms with Gasteiger partial charge in [-0.25, -0.2) is 4.79 Å². The summed E-state index contributed by atoms with van der Waals surface area (Å²) in [6.45, 7) is -0.943. The fourth-order valence-corrected chi connectivity index (χ4v) is 3.17. The van der Waals surface area contributed by atoms with Gasteiger partial charge in [-0.2, -0.15) is 26.3 Å². The lowest BCUT2D eigenvalue weighted by atomic mass is 10.1. The van der Waals surface area contributed by atoms with Gasteiger partial charge in [0.05, 0.1) is 17.0 Å². The Balaban J connectivity index is 1.82. The molecular weight excluding hydrogens is 466 g/mol. The molecule has 0 saturated carbocycles. The van der Waals surface area contributed by atoms with E-state index in [1.54, 1.807) is 0 Å². The van der Waals surface area contributed by atoms with Gasteiger partial charge in [0.2, 0.25) is 6.23 Å². The maximum atomic E-state index is 13.5. The van der Waals surface area contributed by atoms with Crippen LogP contribution in [-0.4, -0.2) is 47.7 Å². The van der Waals surface area contributed by atoms with E-state index in [1.165, 1.54) is 24.3 Å². The van der Waals surface area contributed by atoms with E-state index < -0.39 is 65.7 Å². The number of nitrogens with zero attached hydrogens (tertiary/aromatic N) is 2. The van der Waals surface area contributed by atoms with E-state index in [0.29, 0.717) is 11.0 Å². The fraction of sp³-hybridized carbons (Fsp3) is 0.316. The highest BCUT2D eigenvalue weighted by Crippen LogP contribution is 2.41. The first-order chi connectivity index (χ1) is 15.3. The number of nitro benzene ring substituents is 1. The van der Waals surface area contributed by atoms with Gasteiger partial charge in [0.15, 0.2) is 0 Å². The average Bonchev–Trinajstić information content (AvgIpc) is 3.16. The van der Waals surface area contributed by atoms with Gasteiger partial charge < -0.3 is 19.5 Å². The van der Waals surface area contributed by atoms with Crippen molar-refractivity contribution in [3.8, 4) is 5.75 Å². The fourth-order valence-electron chi connectivity index (χ4n) is 3.17. The lowest BCUT2D eigenvalue weighted by Gasteiger charge is -2.27. The molecule has 1 heterocycles. The molecule has 14 heteroatoms. The molecule has 0 bridgehead atoms. The minimum atomic E-state index is -5.17. The first-order valence-electron chi connectivity index (χ1n) is 9.08. The summed E-state index contributed by atoms with van der Waals surface area (Å²) < 4.78 is 90.5. The molecule has 33 heavy (non-hydrogen) atoms. The first kappa shape index (κ1) is 24.1. The largest absolute Gasteiger partial charge is 0.491 e. The third-order valence-corrected chi connectivity index (χ3v) is 4.64. The van der Waals surface area contributed by atoms with Crippen molar-refractivity contribution in [2.24, 2.45) is 0 Å². The number of hydrogen-bond acceptors (Lipinski definition) is 6. The molecule has 3 rings (SSSR count). The maximum absolute atomic E-state index is 13.5. The van der Waals surface area contributed by atoms with E-state index in [-0.39, 0.29) is 17.4 Å². The molecule has 8 nitrogen and oxygen atoms in total. The number of rotatable bonds is 6. The van der Waals surface area contributed by atoms with Crippen molar-refractivity contribution < 1.29 is 50.6 Å². The van der Waals surface area contributed by atoms with Crippen LogP contribution in [0.3, 0.4) is 0 Å². The third kappa shape index (κ3) is 5.45. The Bertz CT molecular complexity index is 1040. The molecule has 1 saturated heterocycles. The van der Waals surface area contributed by atoms with Gasteiger partial charge in [-0.15, -0.1) is 0 Å². The molecule has 0 aromatic heterocycles. The van der Waals surface area contributed by atoms with Crippen LogP contribution in [0.25, 0.3) is 0 Å². The van der Waals surface area contributed by atoms with Crippen molar-refractivity contribution in [2.45, 2.75) is 24.7 Å². The van der Waals surface area contributed by atoms with Gasteiger partial charge in [-0.3, -0.25) is 10.1 Å². The van der Waals surface area contributed by atoms with Crippen molar-refractivity contribution in [2.75, 3.05) is 18.1 Å². The Hall–Kier alpha value is -3.55. The second-order valence-corrected chi connectivity index (χ2v) is 6.90. The van der Waals surface area contributed by atoms with Crippen LogP contribution in [0, 0.1) is 10.1 Å². The number of aromatic carboxylic acids is 1. The van der Waals surface area contributed by atoms with Crippen molar-refractivity contribution >= 4 is 17.3 Å². The molecule has 0 radical (unpaired) electrons. The SMILES string of the molecule is O=C(O)c1ccc(OC[C@@H]2CN(c3ccc([N+](=O)[O-])c(C(F)(F)F)c3)[C@@H](C(F)(F)F)O2)cc1. The predicted octanol–water partition coefficient (Wildman–Crippen LogP) is 4.48. The Kier molecular flexibility index (Phi) is 6.40. The van der Waals surface area contributed by atoms with E-state index in [1.807, 2.05) is 0 Å². The smallest absolute Gasteiger partial charge is 0.433 e. The Labute approximate surface area is 181 Å². The quantitative estimate of drug-likeness (QED) is 0.370. The minimum Gasteiger partial charge on any atom is -0.491 e. The lowest BCUT2D eigenvalue weighted by Crippen LogP contribution is -2.42. The van der Waals surface area contributed by atoms with Crippen LogP contribution in [-0.2, 0) is 10.9 Å². The molecule has 0 aliphatic carbocycles. The van der Waals surface area contributed by atoms with E-state index in [0.717, 1.165) is 6.07 Å². The number of alkyl halides is 6. The number of carbonyl (C=O) groups is 1. The monoisotopic (exact) mass is 480 g/mol. The van der Waals surface area contributed by atoms with Gasteiger partial charge in [0.1, 0.15) is 24.0 Å². The summed E-state index contributed by atoms with van der Waals surface area (Å²) in [6, 6.07) is 6.53. The second kappa shape index (κ2) is 8.77. The van der Waals surface area contributed by atoms with Crippen LogP contribution in [0.2, 0.25) is 0 Å². The molecule has 0 spiro atoms. The standard InChI is InChI=1S/C19H14F6N2O6/c20-18(21,22)14-7-11(3-6-15(14)27(30)31)26-8-13(33-17(26)19(23,24)25)9-32-12-4-1-10(2-5-12)16(28)29/h1-7,13,17H,8-9H2,(H,28,29)/t13-,17+/m0/s1. The summed E-state index contributed by atoms with van der Waals surface area (Å²) in [4.78, 5) is 21.0. The van der Waals surface area contributed by atoms with E-state index >= 15 is 0 Å². The van der Waals surface area contributed by atoms with E-state index in [9.17, 15) is 41.3 Å². The highest BCUT2D eigenvalue weighted by molar-refractivity contribution is 5.87. The number of ether oxygens (including phenoxy) is 2. The summed E-state index contributed by atoms with van der Waals surface area (Å²) in [5, 5.41) is 19.8. The first-order valence-corrected chi connectivity index (χ1v) is 9.08. The molecule has 1 aliphatic heterocycles. The molecule has 2 aromatic carbocycles. The zero-order valence-electron chi connectivity index (χ0n) is 16.3. The number of hydrogen-bond donors (Lipinski definition) is 1. The normalized spacial score (nSPS) is 18.9. The van der Waals surface area contributed by atoms with Crippen LogP contribution < -0.4 is 9.64 Å². The highest BCUT2D eigenvalue weighted by Gasteiger charge is 2.51. The molecule has 1 fully saturated rings. The Morgan fingerprint density at radius 3 is 2.30 bits per heavy atom. The van der Waals surface area contributed by atoms with Gasteiger partial charge in [0, 0.05) is 11.8 Å². The van der Waals surface area contributed by atoms with Crippen molar-refractivity contribution in [1.29, 1.82) is 0 Å². The number of carboxylic acid groups (broad SMARTS) is 1. The van der Waals surface area contributed by atoms with Gasteiger partial charge in [-0.1, -0.05) is 0 Å². The summed E-state index contributed by atoms with van der Waals surface area (Å²) in [5.41, 5.74) is -3.59. The predicted molar refractivity (Wildman–Crippen MR) is 99.1 cm³/mol. The molecule has 2 atom stereocenters. The van der Waals surface area contributed by atoms with Gasteiger partial charge in [0.25, 0.3) is 5.69 Å². The molecule has 1 N–H and O–H groups in total. The molecule has 0 unspecified atom stereocenters. The number of anilines is 1. The third-order valence-electron chi connectivity index (χ3n) is 4.64. The zero-order chi connectivity index (χ0) is 24.6. The topological polar surface area (TPSA) is 102 Å². The van der Waals surface area contributed by atoms with Crippen LogP contribution >= 0.6 is 0 Å². The van der Waals surface area contributed by atoms with E-state index in [4.69, 9.17) is 14.6 Å². The van der Waals surface area contributed by atoms with Crippen molar-refractivity contribution in [3.63, 3.8) is 0 Å². The lowest BCUT2D eigenvalue weighted by molar-refractivity contribution is -0.388. The van der Waals surface area contributed by atoms with Crippen LogP contribution in [0.15, 0.2) is 42.5 Å². The number of halogens is 6.